The second kappa shape index (κ2) is 5.23. The third-order valence-electron chi connectivity index (χ3n) is 2.78. The third-order valence-corrected chi connectivity index (χ3v) is 3.68. The van der Waals surface area contributed by atoms with E-state index in [2.05, 4.69) is 42.7 Å². The van der Waals surface area contributed by atoms with Crippen molar-refractivity contribution in [3.8, 4) is 0 Å². The van der Waals surface area contributed by atoms with Crippen LogP contribution in [0, 0.1) is 6.92 Å². The molecule has 0 saturated heterocycles. The van der Waals surface area contributed by atoms with Gasteiger partial charge in [-0.2, -0.15) is 0 Å². The lowest BCUT2D eigenvalue weighted by atomic mass is 10.1. The van der Waals surface area contributed by atoms with Crippen LogP contribution >= 0.6 is 11.3 Å². The highest BCUT2D eigenvalue weighted by Gasteiger charge is 2.08. The molecule has 0 radical (unpaired) electrons. The zero-order chi connectivity index (χ0) is 12.3. The van der Waals surface area contributed by atoms with Gasteiger partial charge in [0.05, 0.1) is 11.4 Å². The smallest absolute Gasteiger partial charge is 0.0605 e. The highest BCUT2D eigenvalue weighted by atomic mass is 32.1. The normalized spacial score (nSPS) is 12.4. The molecule has 0 aliphatic carbocycles. The molecule has 1 aromatic heterocycles. The fourth-order valence-electron chi connectivity index (χ4n) is 1.92. The molecule has 2 rings (SSSR count). The molecule has 0 spiro atoms. The number of nitrogens with two attached hydrogens (primary N) is 1. The number of anilines is 2. The predicted octanol–water partition coefficient (Wildman–Crippen LogP) is 3.68. The van der Waals surface area contributed by atoms with Crippen molar-refractivity contribution in [1.29, 1.82) is 0 Å². The number of aryl methyl sites for hydroxylation is 1. The van der Waals surface area contributed by atoms with Crippen LogP contribution in [0.25, 0.3) is 0 Å². The van der Waals surface area contributed by atoms with Crippen molar-refractivity contribution < 1.29 is 0 Å². The average molecular weight is 246 g/mol. The number of thiophene rings is 1. The van der Waals surface area contributed by atoms with E-state index in [-0.39, 0.29) is 0 Å². The van der Waals surface area contributed by atoms with Crippen LogP contribution in [0.4, 0.5) is 11.4 Å². The van der Waals surface area contributed by atoms with Gasteiger partial charge in [-0.05, 0) is 36.9 Å². The highest BCUT2D eigenvalue weighted by Crippen LogP contribution is 2.24. The van der Waals surface area contributed by atoms with Crippen LogP contribution in [-0.4, -0.2) is 6.04 Å². The van der Waals surface area contributed by atoms with Gasteiger partial charge in [0.15, 0.2) is 0 Å². The van der Waals surface area contributed by atoms with Crippen LogP contribution in [0.15, 0.2) is 35.7 Å². The molecule has 17 heavy (non-hydrogen) atoms. The van der Waals surface area contributed by atoms with Crippen molar-refractivity contribution in [3.63, 3.8) is 0 Å². The average Bonchev–Trinajstić information content (AvgIpc) is 2.76. The SMILES string of the molecule is Cc1cccc(N)c1NC(C)Cc1cccs1. The maximum atomic E-state index is 5.98. The van der Waals surface area contributed by atoms with Crippen molar-refractivity contribution >= 4 is 22.7 Å². The van der Waals surface area contributed by atoms with Crippen molar-refractivity contribution in [3.05, 3.63) is 46.2 Å². The fraction of sp³-hybridized carbons (Fsp3) is 0.286. The van der Waals surface area contributed by atoms with Gasteiger partial charge in [-0.25, -0.2) is 0 Å². The first-order chi connectivity index (χ1) is 8.16. The Hall–Kier alpha value is -1.48. The van der Waals surface area contributed by atoms with Crippen LogP contribution in [-0.2, 0) is 6.42 Å². The molecule has 2 aromatic rings. The Balaban J connectivity index is 2.05. The zero-order valence-electron chi connectivity index (χ0n) is 10.2. The van der Waals surface area contributed by atoms with Crippen molar-refractivity contribution in [1.82, 2.24) is 0 Å². The monoisotopic (exact) mass is 246 g/mol. The number of hydrogen-bond donors (Lipinski definition) is 2. The van der Waals surface area contributed by atoms with E-state index in [1.807, 2.05) is 12.1 Å². The van der Waals surface area contributed by atoms with Crippen LogP contribution in [0.3, 0.4) is 0 Å². The number of nitrogen functional groups attached to an aromatic ring is 1. The van der Waals surface area contributed by atoms with E-state index in [0.717, 1.165) is 17.8 Å². The summed E-state index contributed by atoms with van der Waals surface area (Å²) in [6, 6.07) is 10.7. The summed E-state index contributed by atoms with van der Waals surface area (Å²) in [6.07, 6.45) is 1.03. The van der Waals surface area contributed by atoms with Crippen molar-refractivity contribution in [2.45, 2.75) is 26.3 Å². The summed E-state index contributed by atoms with van der Waals surface area (Å²) in [5.41, 5.74) is 9.07. The lowest BCUT2D eigenvalue weighted by molar-refractivity contribution is 0.800. The number of para-hydroxylation sites is 1. The standard InChI is InChI=1S/C14H18N2S/c1-10-5-3-7-13(15)14(10)16-11(2)9-12-6-4-8-17-12/h3-8,11,16H,9,15H2,1-2H3. The lowest BCUT2D eigenvalue weighted by Crippen LogP contribution is -2.19. The Kier molecular flexibility index (Phi) is 3.69. The minimum Gasteiger partial charge on any atom is -0.397 e. The van der Waals surface area contributed by atoms with Gasteiger partial charge >= 0.3 is 0 Å². The largest absolute Gasteiger partial charge is 0.397 e. The Morgan fingerprint density at radius 2 is 2.12 bits per heavy atom. The summed E-state index contributed by atoms with van der Waals surface area (Å²) in [4.78, 5) is 1.40. The van der Waals surface area contributed by atoms with E-state index in [9.17, 15) is 0 Å². The second-order valence-corrected chi connectivity index (χ2v) is 5.40. The van der Waals surface area contributed by atoms with E-state index in [0.29, 0.717) is 6.04 Å². The predicted molar refractivity (Wildman–Crippen MR) is 76.7 cm³/mol. The Morgan fingerprint density at radius 3 is 2.76 bits per heavy atom. The summed E-state index contributed by atoms with van der Waals surface area (Å²) >= 11 is 1.80. The number of rotatable bonds is 4. The first kappa shape index (κ1) is 12.0. The maximum absolute atomic E-state index is 5.98. The van der Waals surface area contributed by atoms with Crippen molar-refractivity contribution in [2.24, 2.45) is 0 Å². The highest BCUT2D eigenvalue weighted by molar-refractivity contribution is 7.09. The van der Waals surface area contributed by atoms with Gasteiger partial charge in [-0.1, -0.05) is 18.2 Å². The molecule has 1 heterocycles. The molecule has 1 aromatic carbocycles. The maximum Gasteiger partial charge on any atom is 0.0605 e. The molecule has 2 nitrogen and oxygen atoms in total. The number of hydrogen-bond acceptors (Lipinski definition) is 3. The van der Waals surface area contributed by atoms with Gasteiger partial charge in [-0.15, -0.1) is 11.3 Å². The molecular weight excluding hydrogens is 228 g/mol. The third kappa shape index (κ3) is 3.01. The van der Waals surface area contributed by atoms with E-state index >= 15 is 0 Å². The van der Waals surface area contributed by atoms with E-state index < -0.39 is 0 Å². The summed E-state index contributed by atoms with van der Waals surface area (Å²) in [5, 5.41) is 5.61. The number of nitrogens with one attached hydrogen (secondary N) is 1. The summed E-state index contributed by atoms with van der Waals surface area (Å²) in [6.45, 7) is 4.27. The van der Waals surface area contributed by atoms with E-state index in [1.54, 1.807) is 11.3 Å². The van der Waals surface area contributed by atoms with Crippen LogP contribution in [0.5, 0.6) is 0 Å². The lowest BCUT2D eigenvalue weighted by Gasteiger charge is -2.18. The van der Waals surface area contributed by atoms with Gasteiger partial charge in [0.25, 0.3) is 0 Å². The second-order valence-electron chi connectivity index (χ2n) is 4.37. The minimum atomic E-state index is 0.386. The number of benzene rings is 1. The van der Waals surface area contributed by atoms with E-state index in [1.165, 1.54) is 10.4 Å². The Labute approximate surface area is 106 Å². The molecule has 0 amide bonds. The van der Waals surface area contributed by atoms with Gasteiger partial charge in [0.1, 0.15) is 0 Å². The quantitative estimate of drug-likeness (QED) is 0.808. The molecule has 1 atom stereocenters. The van der Waals surface area contributed by atoms with Gasteiger partial charge in [0, 0.05) is 17.3 Å². The van der Waals surface area contributed by atoms with Crippen LogP contribution in [0.2, 0.25) is 0 Å². The zero-order valence-corrected chi connectivity index (χ0v) is 11.1. The van der Waals surface area contributed by atoms with Gasteiger partial charge in [-0.3, -0.25) is 0 Å². The molecule has 90 valence electrons. The molecule has 1 unspecified atom stereocenters. The molecule has 0 aliphatic heterocycles. The first-order valence-electron chi connectivity index (χ1n) is 5.81. The minimum absolute atomic E-state index is 0.386. The summed E-state index contributed by atoms with van der Waals surface area (Å²) in [7, 11) is 0. The Morgan fingerprint density at radius 1 is 1.29 bits per heavy atom. The molecule has 0 fully saturated rings. The van der Waals surface area contributed by atoms with E-state index in [4.69, 9.17) is 5.73 Å². The molecule has 3 N–H and O–H groups in total. The van der Waals surface area contributed by atoms with Gasteiger partial charge in [0.2, 0.25) is 0 Å². The first-order valence-corrected chi connectivity index (χ1v) is 6.69. The fourth-order valence-corrected chi connectivity index (χ4v) is 2.75. The van der Waals surface area contributed by atoms with Crippen LogP contribution < -0.4 is 11.1 Å². The van der Waals surface area contributed by atoms with Crippen LogP contribution in [0.1, 0.15) is 17.4 Å². The van der Waals surface area contributed by atoms with Crippen molar-refractivity contribution in [2.75, 3.05) is 11.1 Å². The molecule has 0 bridgehead atoms. The summed E-state index contributed by atoms with van der Waals surface area (Å²) in [5.74, 6) is 0. The summed E-state index contributed by atoms with van der Waals surface area (Å²) < 4.78 is 0. The molecule has 0 aliphatic rings. The molecule has 0 saturated carbocycles. The topological polar surface area (TPSA) is 38.0 Å². The molecular formula is C14H18N2S. The molecule has 3 heteroatoms. The van der Waals surface area contributed by atoms with Gasteiger partial charge < -0.3 is 11.1 Å². The Bertz CT molecular complexity index is 457.